The number of aromatic nitrogens is 3. The lowest BCUT2D eigenvalue weighted by atomic mass is 9.93. The molecule has 9 aromatic rings. The number of hydrogen-bond donors (Lipinski definition) is 0. The van der Waals surface area contributed by atoms with Crippen LogP contribution in [-0.4, -0.2) is 0 Å². The zero-order valence-electron chi connectivity index (χ0n) is 46.8. The summed E-state index contributed by atoms with van der Waals surface area (Å²) >= 11 is 0. The molecule has 0 aliphatic heterocycles. The standard InChI is InChI=1S/C21H22N.2C20H20N/c1-15-10-11-19(18-8-6-5-7-9-18)13-20(15)21-12-16(2)17(3)14-22(21)4;1-15-13-16(2)19(20-11-7-8-12-21(20)3)14-18(15)17-9-5-4-6-10-17;1-15-9-12-20(21(3)14-15)19-13-18(11-10-16(19)2)17-7-5-4-6-8-17/h5-14H,1-4H3;2*4-14H,1-3H3/q3*+1/i3D3;2*1D3. The van der Waals surface area contributed by atoms with E-state index in [9.17, 15) is 0 Å². The maximum Gasteiger partial charge on any atom is 0.212 e. The molecule has 64 heavy (non-hydrogen) atoms. The molecule has 3 heteroatoms. The highest BCUT2D eigenvalue weighted by molar-refractivity contribution is 5.76. The van der Waals surface area contributed by atoms with Crippen molar-refractivity contribution in [1.29, 1.82) is 0 Å². The first-order valence-corrected chi connectivity index (χ1v) is 21.5. The molecular weight excluding hydrogens is 775 g/mol. The van der Waals surface area contributed by atoms with E-state index in [0.29, 0.717) is 16.7 Å². The fraction of sp³-hybridized carbons (Fsp3) is 0.164. The molecule has 0 spiro atoms. The summed E-state index contributed by atoms with van der Waals surface area (Å²) in [6, 6.07) is 58.4. The second-order valence-electron chi connectivity index (χ2n) is 16.3. The quantitative estimate of drug-likeness (QED) is 0.148. The van der Waals surface area contributed by atoms with E-state index in [1.165, 1.54) is 11.1 Å². The molecule has 0 unspecified atom stereocenters. The van der Waals surface area contributed by atoms with Crippen molar-refractivity contribution in [3.8, 4) is 67.2 Å². The Morgan fingerprint density at radius 2 is 0.828 bits per heavy atom. The lowest BCUT2D eigenvalue weighted by molar-refractivity contribution is -0.660. The molecule has 0 bridgehead atoms. The molecule has 9 rings (SSSR count). The topological polar surface area (TPSA) is 11.6 Å². The van der Waals surface area contributed by atoms with Crippen LogP contribution in [-0.2, 0) is 21.1 Å². The van der Waals surface area contributed by atoms with Crippen molar-refractivity contribution < 1.29 is 26.0 Å². The van der Waals surface area contributed by atoms with Crippen LogP contribution in [0.4, 0.5) is 0 Å². The van der Waals surface area contributed by atoms with Crippen molar-refractivity contribution in [3.63, 3.8) is 0 Å². The molecule has 6 aromatic carbocycles. The average Bonchev–Trinajstić information content (AvgIpc) is 3.35. The Bertz CT molecular complexity index is 3360. The molecule has 0 N–H and O–H groups in total. The first kappa shape index (κ1) is 34.3. The first-order valence-electron chi connectivity index (χ1n) is 26.0. The second kappa shape index (κ2) is 20.3. The van der Waals surface area contributed by atoms with Crippen LogP contribution < -0.4 is 13.7 Å². The van der Waals surface area contributed by atoms with E-state index in [1.54, 1.807) is 24.5 Å². The van der Waals surface area contributed by atoms with Crippen molar-refractivity contribution in [3.05, 3.63) is 233 Å². The minimum Gasteiger partial charge on any atom is -0.201 e. The first-order chi connectivity index (χ1) is 34.5. The number of hydrogen-bond acceptors (Lipinski definition) is 0. The monoisotopic (exact) mass is 846 g/mol. The van der Waals surface area contributed by atoms with Gasteiger partial charge in [-0.3, -0.25) is 0 Å². The lowest BCUT2D eigenvalue weighted by Crippen LogP contribution is -2.31. The Morgan fingerprint density at radius 3 is 1.38 bits per heavy atom. The summed E-state index contributed by atoms with van der Waals surface area (Å²) in [5.74, 6) is 0. The smallest absolute Gasteiger partial charge is 0.201 e. The molecule has 0 aliphatic rings. The lowest BCUT2D eigenvalue weighted by Gasteiger charge is -2.11. The molecule has 0 radical (unpaired) electrons. The van der Waals surface area contributed by atoms with Crippen LogP contribution in [0.5, 0.6) is 0 Å². The SMILES string of the molecule is [2H]C([2H])([2H])c1c[n+](C)c(-c2cc(-c3ccccc3)ccc2C)cc1C.[2H]C([2H])([2H])c1cc(C)c(-c2cccc[n+]2C)cc1-c1ccccc1.[2H]C([2H])([2H])c1ccc(-c2cc(-c3ccccc3)ccc2C)[n+](C)c1. The van der Waals surface area contributed by atoms with Gasteiger partial charge in [-0.05, 0) is 140 Å². The van der Waals surface area contributed by atoms with Crippen molar-refractivity contribution in [2.45, 2.75) is 48.3 Å². The van der Waals surface area contributed by atoms with Crippen LogP contribution in [0.1, 0.15) is 51.3 Å². The van der Waals surface area contributed by atoms with E-state index in [4.69, 9.17) is 12.3 Å². The van der Waals surface area contributed by atoms with Crippen LogP contribution in [0.25, 0.3) is 67.2 Å². The zero-order valence-corrected chi connectivity index (χ0v) is 37.8. The number of pyridine rings is 3. The fourth-order valence-electron chi connectivity index (χ4n) is 7.96. The van der Waals surface area contributed by atoms with E-state index in [2.05, 4.69) is 74.5 Å². The van der Waals surface area contributed by atoms with Crippen LogP contribution in [0.15, 0.2) is 195 Å². The molecule has 0 fully saturated rings. The molecular formula is C61H62N3+3. The van der Waals surface area contributed by atoms with Gasteiger partial charge >= 0.3 is 0 Å². The van der Waals surface area contributed by atoms with E-state index in [0.717, 1.165) is 78.3 Å². The summed E-state index contributed by atoms with van der Waals surface area (Å²) in [4.78, 5) is 0. The Hall–Kier alpha value is -7.23. The normalized spacial score (nSPS) is 13.3. The van der Waals surface area contributed by atoms with Crippen molar-refractivity contribution in [2.75, 3.05) is 0 Å². The van der Waals surface area contributed by atoms with Crippen LogP contribution >= 0.6 is 0 Å². The van der Waals surface area contributed by atoms with Crippen molar-refractivity contribution in [1.82, 2.24) is 0 Å². The highest BCUT2D eigenvalue weighted by Gasteiger charge is 2.17. The van der Waals surface area contributed by atoms with Crippen LogP contribution in [0.3, 0.4) is 0 Å². The molecule has 0 saturated carbocycles. The Morgan fingerprint density at radius 1 is 0.312 bits per heavy atom. The third kappa shape index (κ3) is 10.5. The predicted octanol–water partition coefficient (Wildman–Crippen LogP) is 13.7. The van der Waals surface area contributed by atoms with Gasteiger partial charge in [0.15, 0.2) is 18.6 Å². The van der Waals surface area contributed by atoms with Gasteiger partial charge in [-0.2, -0.15) is 0 Å². The van der Waals surface area contributed by atoms with Gasteiger partial charge in [-0.25, -0.2) is 13.7 Å². The molecule has 0 aliphatic carbocycles. The molecule has 0 saturated heterocycles. The average molecular weight is 846 g/mol. The van der Waals surface area contributed by atoms with Gasteiger partial charge in [0.2, 0.25) is 17.1 Å². The van der Waals surface area contributed by atoms with Crippen LogP contribution in [0.2, 0.25) is 0 Å². The van der Waals surface area contributed by atoms with Crippen LogP contribution in [0, 0.1) is 48.3 Å². The van der Waals surface area contributed by atoms with E-state index >= 15 is 0 Å². The molecule has 0 atom stereocenters. The van der Waals surface area contributed by atoms with Gasteiger partial charge in [0.1, 0.15) is 21.1 Å². The third-order valence-corrected chi connectivity index (χ3v) is 11.6. The van der Waals surface area contributed by atoms with Gasteiger partial charge in [-0.15, -0.1) is 0 Å². The molecule has 3 nitrogen and oxygen atoms in total. The number of aryl methyl sites for hydroxylation is 10. The summed E-state index contributed by atoms with van der Waals surface area (Å²) in [5, 5.41) is 0. The third-order valence-electron chi connectivity index (χ3n) is 11.6. The summed E-state index contributed by atoms with van der Waals surface area (Å²) in [6.45, 7) is 1.65. The number of rotatable bonds is 6. The largest absolute Gasteiger partial charge is 0.212 e. The summed E-state index contributed by atoms with van der Waals surface area (Å²) < 4.78 is 75.3. The summed E-state index contributed by atoms with van der Waals surface area (Å²) in [6.07, 6.45) is 5.41. The minimum atomic E-state index is -2.15. The maximum atomic E-state index is 7.91. The number of benzene rings is 6. The van der Waals surface area contributed by atoms with Gasteiger partial charge in [0, 0.05) is 64.4 Å². The highest BCUT2D eigenvalue weighted by Crippen LogP contribution is 2.32. The fourth-order valence-corrected chi connectivity index (χ4v) is 7.96. The van der Waals surface area contributed by atoms with Gasteiger partial charge in [0.25, 0.3) is 0 Å². The van der Waals surface area contributed by atoms with Gasteiger partial charge in [-0.1, -0.05) is 121 Å². The highest BCUT2D eigenvalue weighted by atomic mass is 14.9. The van der Waals surface area contributed by atoms with E-state index in [1.807, 2.05) is 158 Å². The summed E-state index contributed by atoms with van der Waals surface area (Å²) in [7, 11) is 5.78. The van der Waals surface area contributed by atoms with E-state index in [-0.39, 0.29) is 0 Å². The van der Waals surface area contributed by atoms with Gasteiger partial charge in [0.05, 0.1) is 0 Å². The minimum absolute atomic E-state index is 0.352. The van der Waals surface area contributed by atoms with Crippen molar-refractivity contribution in [2.24, 2.45) is 21.1 Å². The zero-order chi connectivity index (χ0) is 52.8. The summed E-state index contributed by atoms with van der Waals surface area (Å²) in [5.41, 5.74) is 17.9. The maximum absolute atomic E-state index is 7.91. The van der Waals surface area contributed by atoms with Gasteiger partial charge < -0.3 is 0 Å². The molecule has 0 amide bonds. The molecule has 3 heterocycles. The predicted molar refractivity (Wildman–Crippen MR) is 269 cm³/mol. The molecule has 318 valence electrons. The van der Waals surface area contributed by atoms with E-state index < -0.39 is 20.6 Å². The Balaban J connectivity index is 0.000000160. The second-order valence-corrected chi connectivity index (χ2v) is 16.3. The van der Waals surface area contributed by atoms with Crippen molar-refractivity contribution >= 4 is 0 Å². The molecule has 3 aromatic heterocycles. The Kier molecular flexibility index (Phi) is 10.9. The number of nitrogens with zero attached hydrogens (tertiary/aromatic N) is 3. The Labute approximate surface area is 394 Å².